The number of Topliss-reactive ketones (excluding diaryl/α,β-unsaturated/α-hetero) is 2. The second-order valence-electron chi connectivity index (χ2n) is 15.2. The zero-order valence-electron chi connectivity index (χ0n) is 29.2. The normalized spacial score (nSPS) is 24.0. The van der Waals surface area contributed by atoms with Crippen molar-refractivity contribution in [2.24, 2.45) is 16.6 Å². The molecule has 1 amide bonds. The van der Waals surface area contributed by atoms with Crippen molar-refractivity contribution in [1.29, 1.82) is 0 Å². The zero-order valence-corrected chi connectivity index (χ0v) is 29.2. The van der Waals surface area contributed by atoms with Gasteiger partial charge in [-0.3, -0.25) is 14.4 Å². The molecule has 0 spiro atoms. The first kappa shape index (κ1) is 35.1. The number of rotatable bonds is 11. The van der Waals surface area contributed by atoms with E-state index in [2.05, 4.69) is 44.1 Å². The predicted octanol–water partition coefficient (Wildman–Crippen LogP) is 6.74. The number of hydrogen-bond acceptors (Lipinski definition) is 7. The number of carbonyl (C=O) groups excluding carboxylic acids is 3. The molecule has 9 heteroatoms. The second kappa shape index (κ2) is 13.7. The Morgan fingerprint density at radius 1 is 1.12 bits per heavy atom. The molecule has 3 aliphatic rings. The van der Waals surface area contributed by atoms with E-state index in [0.29, 0.717) is 73.2 Å². The number of benzene rings is 1. The summed E-state index contributed by atoms with van der Waals surface area (Å²) in [5.74, 6) is -0.338. The molecule has 4 N–H and O–H groups in total. The Kier molecular flexibility index (Phi) is 10.0. The molecule has 1 fully saturated rings. The minimum Gasteiger partial charge on any atom is -0.393 e. The van der Waals surface area contributed by atoms with E-state index in [9.17, 15) is 19.5 Å². The van der Waals surface area contributed by atoms with Gasteiger partial charge in [-0.2, -0.15) is 5.10 Å². The fraction of sp³-hybridized carbons (Fsp3) is 0.487. The van der Waals surface area contributed by atoms with E-state index in [1.165, 1.54) is 0 Å². The van der Waals surface area contributed by atoms with Gasteiger partial charge in [-0.1, -0.05) is 40.0 Å². The summed E-state index contributed by atoms with van der Waals surface area (Å²) in [7, 11) is 0. The highest BCUT2D eigenvalue weighted by molar-refractivity contribution is 6.02. The van der Waals surface area contributed by atoms with Gasteiger partial charge in [0.2, 0.25) is 0 Å². The van der Waals surface area contributed by atoms with Crippen LogP contribution < -0.4 is 11.1 Å². The molecule has 1 unspecified atom stereocenters. The molecule has 9 nitrogen and oxygen atoms in total. The summed E-state index contributed by atoms with van der Waals surface area (Å²) in [5.41, 5.74) is 11.6. The van der Waals surface area contributed by atoms with E-state index in [0.717, 1.165) is 41.9 Å². The number of primary amides is 1. The van der Waals surface area contributed by atoms with E-state index in [4.69, 9.17) is 10.8 Å². The van der Waals surface area contributed by atoms with Crippen molar-refractivity contribution in [1.82, 2.24) is 14.7 Å². The summed E-state index contributed by atoms with van der Waals surface area (Å²) in [6.07, 6.45) is 11.3. The van der Waals surface area contributed by atoms with Crippen LogP contribution in [0.25, 0.3) is 5.69 Å². The number of hydrogen-bond donors (Lipinski definition) is 3. The van der Waals surface area contributed by atoms with Crippen molar-refractivity contribution in [3.05, 3.63) is 89.1 Å². The van der Waals surface area contributed by atoms with E-state index in [1.54, 1.807) is 12.1 Å². The third kappa shape index (κ3) is 7.41. The Bertz CT molecular complexity index is 1700. The molecule has 2 aromatic rings. The summed E-state index contributed by atoms with van der Waals surface area (Å²) in [6.45, 7) is 18.8. The smallest absolute Gasteiger partial charge is 0.250 e. The molecule has 48 heavy (non-hydrogen) atoms. The van der Waals surface area contributed by atoms with Crippen molar-refractivity contribution >= 4 is 23.2 Å². The highest BCUT2D eigenvalue weighted by Crippen LogP contribution is 2.43. The number of fused-ring (bicyclic) bond motifs is 1. The number of aromatic nitrogens is 2. The van der Waals surface area contributed by atoms with Crippen LogP contribution in [0.3, 0.4) is 0 Å². The number of aliphatic hydroxyl groups is 1. The summed E-state index contributed by atoms with van der Waals surface area (Å²) < 4.78 is 1.85. The Balaban J connectivity index is 1.46. The molecule has 0 aliphatic heterocycles. The maximum Gasteiger partial charge on any atom is 0.250 e. The summed E-state index contributed by atoms with van der Waals surface area (Å²) in [5, 5.41) is 18.3. The lowest BCUT2D eigenvalue weighted by molar-refractivity contribution is -0.118. The lowest BCUT2D eigenvalue weighted by atomic mass is 9.71. The first-order chi connectivity index (χ1) is 22.6. The fourth-order valence-corrected chi connectivity index (χ4v) is 7.74. The summed E-state index contributed by atoms with van der Waals surface area (Å²) in [6, 6.07) is 5.55. The Morgan fingerprint density at radius 2 is 1.83 bits per heavy atom. The van der Waals surface area contributed by atoms with Crippen molar-refractivity contribution < 1.29 is 19.5 Å². The minimum absolute atomic E-state index is 0.0689. The Labute approximate surface area is 284 Å². The van der Waals surface area contributed by atoms with Crippen LogP contribution in [-0.4, -0.2) is 56.0 Å². The van der Waals surface area contributed by atoms with Crippen LogP contribution in [0.1, 0.15) is 111 Å². The average molecular weight is 654 g/mol. The third-order valence-corrected chi connectivity index (χ3v) is 10.2. The number of aliphatic hydroxyl groups excluding tert-OH is 1. The van der Waals surface area contributed by atoms with Crippen molar-refractivity contribution in [3.63, 3.8) is 0 Å². The van der Waals surface area contributed by atoms with Gasteiger partial charge >= 0.3 is 0 Å². The van der Waals surface area contributed by atoms with Gasteiger partial charge in [0, 0.05) is 48.6 Å². The lowest BCUT2D eigenvalue weighted by Crippen LogP contribution is -2.36. The van der Waals surface area contributed by atoms with Gasteiger partial charge in [0.1, 0.15) is 0 Å². The largest absolute Gasteiger partial charge is 0.393 e. The SMILES string of the molecule is C=CC=CN(CCC1(C)CC(=O)c2c(C)nn(-c3ccc(C(N)=O)c(NC4CCC(O)CC4)c3)c2C1)C1=C(C(=C)C)C(=O)CC(C)(C)C1. The van der Waals surface area contributed by atoms with E-state index < -0.39 is 5.91 Å². The van der Waals surface area contributed by atoms with Crippen LogP contribution in [0.5, 0.6) is 0 Å². The van der Waals surface area contributed by atoms with Crippen LogP contribution in [0.2, 0.25) is 0 Å². The number of aryl methyl sites for hydroxylation is 1. The molecule has 0 bridgehead atoms. The molecule has 1 saturated carbocycles. The van der Waals surface area contributed by atoms with Gasteiger partial charge < -0.3 is 21.1 Å². The molecular weight excluding hydrogens is 602 g/mol. The third-order valence-electron chi connectivity index (χ3n) is 10.2. The van der Waals surface area contributed by atoms with Gasteiger partial charge in [0.15, 0.2) is 11.6 Å². The summed E-state index contributed by atoms with van der Waals surface area (Å²) >= 11 is 0. The van der Waals surface area contributed by atoms with Crippen molar-refractivity contribution in [2.75, 3.05) is 11.9 Å². The number of nitrogens with one attached hydrogen (secondary N) is 1. The Hall–Kier alpha value is -4.24. The molecule has 0 saturated heterocycles. The quantitative estimate of drug-likeness (QED) is 0.229. The standard InChI is InChI=1S/C39H51N5O4/c1-8-9-17-43(31-20-38(5,6)22-33(46)35(31)24(2)3)18-16-39(7)21-32-36(34(47)23-39)25(4)42-44(32)27-12-15-29(37(40)48)30(19-27)41-26-10-13-28(45)14-11-26/h8-9,12,15,17,19,26,28,41,45H,1-2,10-11,13-14,16,18,20-23H2,3-7H3,(H2,40,48). The van der Waals surface area contributed by atoms with E-state index >= 15 is 0 Å². The molecule has 5 rings (SSSR count). The number of anilines is 1. The molecule has 1 heterocycles. The number of nitrogens with two attached hydrogens (primary N) is 1. The maximum absolute atomic E-state index is 13.8. The van der Waals surface area contributed by atoms with Gasteiger partial charge in [0.05, 0.1) is 34.3 Å². The second-order valence-corrected chi connectivity index (χ2v) is 15.2. The predicted molar refractivity (Wildman–Crippen MR) is 190 cm³/mol. The highest BCUT2D eigenvalue weighted by Gasteiger charge is 2.40. The molecule has 1 aromatic carbocycles. The maximum atomic E-state index is 13.8. The number of carbonyl (C=O) groups is 3. The van der Waals surface area contributed by atoms with E-state index in [-0.39, 0.29) is 34.5 Å². The number of ketones is 2. The Morgan fingerprint density at radius 3 is 2.48 bits per heavy atom. The molecule has 1 atom stereocenters. The van der Waals surface area contributed by atoms with Crippen molar-refractivity contribution in [3.8, 4) is 5.69 Å². The van der Waals surface area contributed by atoms with Crippen LogP contribution in [-0.2, 0) is 11.2 Å². The van der Waals surface area contributed by atoms with E-state index in [1.807, 2.05) is 42.9 Å². The van der Waals surface area contributed by atoms with Crippen LogP contribution in [0, 0.1) is 17.8 Å². The molecule has 3 aliphatic carbocycles. The van der Waals surface area contributed by atoms with Gasteiger partial charge in [0.25, 0.3) is 5.91 Å². The highest BCUT2D eigenvalue weighted by atomic mass is 16.3. The van der Waals surface area contributed by atoms with Crippen molar-refractivity contribution in [2.45, 2.75) is 105 Å². The van der Waals surface area contributed by atoms with Crippen LogP contribution in [0.15, 0.2) is 66.6 Å². The topological polar surface area (TPSA) is 131 Å². The average Bonchev–Trinajstić information content (AvgIpc) is 3.32. The molecular formula is C39H51N5O4. The van der Waals surface area contributed by atoms with Crippen LogP contribution >= 0.6 is 0 Å². The lowest BCUT2D eigenvalue weighted by Gasteiger charge is -2.39. The van der Waals surface area contributed by atoms with Gasteiger partial charge in [-0.25, -0.2) is 4.68 Å². The van der Waals surface area contributed by atoms with Gasteiger partial charge in [-0.15, -0.1) is 0 Å². The van der Waals surface area contributed by atoms with Gasteiger partial charge in [-0.05, 0) is 99.5 Å². The summed E-state index contributed by atoms with van der Waals surface area (Å²) in [4.78, 5) is 41.6. The molecule has 0 radical (unpaired) electrons. The molecule has 1 aromatic heterocycles. The number of amides is 1. The van der Waals surface area contributed by atoms with Crippen LogP contribution in [0.4, 0.5) is 5.69 Å². The fourth-order valence-electron chi connectivity index (χ4n) is 7.74. The first-order valence-corrected chi connectivity index (χ1v) is 17.1. The number of allylic oxidation sites excluding steroid dienone is 5. The zero-order chi connectivity index (χ0) is 35.0. The monoisotopic (exact) mass is 653 g/mol. The molecule has 256 valence electrons. The first-order valence-electron chi connectivity index (χ1n) is 17.1. The number of nitrogens with zero attached hydrogens (tertiary/aromatic N) is 3. The minimum atomic E-state index is -0.524.